The Kier molecular flexibility index (Phi) is 3.56. The summed E-state index contributed by atoms with van der Waals surface area (Å²) in [6, 6.07) is 0. The molecule has 0 fully saturated rings. The van der Waals surface area contributed by atoms with Crippen LogP contribution in [0, 0.1) is 0 Å². The first-order chi connectivity index (χ1) is 10.4. The normalized spacial score (nSPS) is 14.6. The Balaban J connectivity index is 1.77. The van der Waals surface area contributed by atoms with Crippen molar-refractivity contribution in [2.45, 2.75) is 39.5 Å². The molecule has 0 saturated heterocycles. The van der Waals surface area contributed by atoms with Gasteiger partial charge in [0.05, 0.1) is 12.2 Å². The van der Waals surface area contributed by atoms with Crippen molar-refractivity contribution in [1.82, 2.24) is 24.4 Å². The number of imidazole rings is 1. The third-order valence-electron chi connectivity index (χ3n) is 3.31. The van der Waals surface area contributed by atoms with Gasteiger partial charge in [-0.3, -0.25) is 4.90 Å². The quantitative estimate of drug-likeness (QED) is 0.806. The van der Waals surface area contributed by atoms with E-state index in [0.717, 1.165) is 17.1 Å². The van der Waals surface area contributed by atoms with Gasteiger partial charge >= 0.3 is 6.09 Å². The monoisotopic (exact) mass is 301 g/mol. The standard InChI is InChI=1S/C15H19N5O2/c1-15(2,3)22-14(21)20-5-4-19-8-12(18-13(19)9-20)11-6-16-10-17-7-11/h6-8,10H,4-5,9H2,1-3H3. The zero-order valence-electron chi connectivity index (χ0n) is 13.0. The van der Waals surface area contributed by atoms with Crippen LogP contribution in [0.25, 0.3) is 11.3 Å². The minimum atomic E-state index is -0.490. The molecule has 3 rings (SSSR count). The highest BCUT2D eigenvalue weighted by atomic mass is 16.6. The van der Waals surface area contributed by atoms with Crippen molar-refractivity contribution in [3.63, 3.8) is 0 Å². The highest BCUT2D eigenvalue weighted by molar-refractivity contribution is 5.68. The van der Waals surface area contributed by atoms with Gasteiger partial charge in [0.15, 0.2) is 0 Å². The lowest BCUT2D eigenvalue weighted by Gasteiger charge is -2.30. The summed E-state index contributed by atoms with van der Waals surface area (Å²) in [5, 5.41) is 0. The molecular weight excluding hydrogens is 282 g/mol. The van der Waals surface area contributed by atoms with Crippen LogP contribution in [0.15, 0.2) is 24.9 Å². The van der Waals surface area contributed by atoms with Crippen molar-refractivity contribution < 1.29 is 9.53 Å². The van der Waals surface area contributed by atoms with Gasteiger partial charge in [-0.1, -0.05) is 0 Å². The second-order valence-corrected chi connectivity index (χ2v) is 6.26. The molecule has 0 saturated carbocycles. The Labute approximate surface area is 129 Å². The Bertz CT molecular complexity index is 675. The van der Waals surface area contributed by atoms with Crippen LogP contribution >= 0.6 is 0 Å². The van der Waals surface area contributed by atoms with Crippen LogP contribution in [-0.2, 0) is 17.8 Å². The topological polar surface area (TPSA) is 73.1 Å². The van der Waals surface area contributed by atoms with E-state index in [0.29, 0.717) is 19.6 Å². The second-order valence-electron chi connectivity index (χ2n) is 6.26. The predicted molar refractivity (Wildman–Crippen MR) is 79.9 cm³/mol. The number of fused-ring (bicyclic) bond motifs is 1. The molecule has 0 atom stereocenters. The number of rotatable bonds is 1. The first kappa shape index (κ1) is 14.5. The average Bonchev–Trinajstić information content (AvgIpc) is 2.89. The van der Waals surface area contributed by atoms with E-state index in [2.05, 4.69) is 19.5 Å². The zero-order chi connectivity index (χ0) is 15.7. The predicted octanol–water partition coefficient (Wildman–Crippen LogP) is 2.09. The number of hydrogen-bond donors (Lipinski definition) is 0. The molecule has 0 aliphatic carbocycles. The number of hydrogen-bond acceptors (Lipinski definition) is 5. The SMILES string of the molecule is CC(C)(C)OC(=O)N1CCn2cc(-c3cncnc3)nc2C1. The van der Waals surface area contributed by atoms with Crippen molar-refractivity contribution in [3.05, 3.63) is 30.7 Å². The lowest BCUT2D eigenvalue weighted by Crippen LogP contribution is -2.41. The lowest BCUT2D eigenvalue weighted by molar-refractivity contribution is 0.0195. The molecule has 22 heavy (non-hydrogen) atoms. The molecule has 116 valence electrons. The van der Waals surface area contributed by atoms with E-state index in [1.165, 1.54) is 6.33 Å². The van der Waals surface area contributed by atoms with Crippen LogP contribution in [0.5, 0.6) is 0 Å². The van der Waals surface area contributed by atoms with Gasteiger partial charge in [-0.25, -0.2) is 19.7 Å². The largest absolute Gasteiger partial charge is 0.444 e. The van der Waals surface area contributed by atoms with E-state index in [9.17, 15) is 4.79 Å². The maximum absolute atomic E-state index is 12.1. The molecule has 1 aliphatic heterocycles. The molecule has 0 aromatic carbocycles. The van der Waals surface area contributed by atoms with Crippen LogP contribution in [0.4, 0.5) is 4.79 Å². The van der Waals surface area contributed by atoms with Crippen LogP contribution in [0.3, 0.4) is 0 Å². The van der Waals surface area contributed by atoms with E-state index in [1.54, 1.807) is 17.3 Å². The maximum Gasteiger partial charge on any atom is 0.410 e. The van der Waals surface area contributed by atoms with E-state index in [1.807, 2.05) is 27.0 Å². The number of nitrogens with zero attached hydrogens (tertiary/aromatic N) is 5. The summed E-state index contributed by atoms with van der Waals surface area (Å²) in [7, 11) is 0. The number of ether oxygens (including phenoxy) is 1. The molecule has 0 spiro atoms. The fraction of sp³-hybridized carbons (Fsp3) is 0.467. The molecule has 0 unspecified atom stereocenters. The van der Waals surface area contributed by atoms with Gasteiger partial charge in [-0.05, 0) is 20.8 Å². The highest BCUT2D eigenvalue weighted by Crippen LogP contribution is 2.21. The summed E-state index contributed by atoms with van der Waals surface area (Å²) >= 11 is 0. The highest BCUT2D eigenvalue weighted by Gasteiger charge is 2.27. The third kappa shape index (κ3) is 3.08. The molecule has 0 radical (unpaired) electrons. The van der Waals surface area contributed by atoms with E-state index in [-0.39, 0.29) is 6.09 Å². The van der Waals surface area contributed by atoms with Crippen LogP contribution in [0.1, 0.15) is 26.6 Å². The van der Waals surface area contributed by atoms with Crippen molar-refractivity contribution in [2.75, 3.05) is 6.54 Å². The van der Waals surface area contributed by atoms with Gasteiger partial charge in [-0.2, -0.15) is 0 Å². The van der Waals surface area contributed by atoms with Gasteiger partial charge in [0, 0.05) is 37.2 Å². The van der Waals surface area contributed by atoms with E-state index < -0.39 is 5.60 Å². The fourth-order valence-electron chi connectivity index (χ4n) is 2.31. The molecule has 1 aliphatic rings. The van der Waals surface area contributed by atoms with Crippen molar-refractivity contribution >= 4 is 6.09 Å². The summed E-state index contributed by atoms with van der Waals surface area (Å²) in [5.41, 5.74) is 1.20. The van der Waals surface area contributed by atoms with Gasteiger partial charge in [0.25, 0.3) is 0 Å². The van der Waals surface area contributed by atoms with Gasteiger partial charge in [0.1, 0.15) is 17.8 Å². The lowest BCUT2D eigenvalue weighted by atomic mass is 10.2. The summed E-state index contributed by atoms with van der Waals surface area (Å²) in [6.07, 6.45) is 6.62. The van der Waals surface area contributed by atoms with Gasteiger partial charge in [0.2, 0.25) is 0 Å². The van der Waals surface area contributed by atoms with Gasteiger partial charge in [-0.15, -0.1) is 0 Å². The Morgan fingerprint density at radius 3 is 2.64 bits per heavy atom. The zero-order valence-corrected chi connectivity index (χ0v) is 13.0. The molecule has 0 N–H and O–H groups in total. The summed E-state index contributed by atoms with van der Waals surface area (Å²) in [6.45, 7) is 7.36. The minimum Gasteiger partial charge on any atom is -0.444 e. The number of aromatic nitrogens is 4. The van der Waals surface area contributed by atoms with Crippen LogP contribution in [0.2, 0.25) is 0 Å². The van der Waals surface area contributed by atoms with Crippen LogP contribution in [-0.4, -0.2) is 42.7 Å². The molecule has 2 aromatic heterocycles. The maximum atomic E-state index is 12.1. The summed E-state index contributed by atoms with van der Waals surface area (Å²) in [4.78, 5) is 26.4. The molecule has 0 bridgehead atoms. The molecule has 1 amide bonds. The van der Waals surface area contributed by atoms with Gasteiger partial charge < -0.3 is 9.30 Å². The smallest absolute Gasteiger partial charge is 0.410 e. The first-order valence-corrected chi connectivity index (χ1v) is 7.22. The fourth-order valence-corrected chi connectivity index (χ4v) is 2.31. The average molecular weight is 301 g/mol. The molecule has 3 heterocycles. The Morgan fingerprint density at radius 1 is 1.23 bits per heavy atom. The van der Waals surface area contributed by atoms with Crippen LogP contribution < -0.4 is 0 Å². The molecular formula is C15H19N5O2. The van der Waals surface area contributed by atoms with Crippen molar-refractivity contribution in [3.8, 4) is 11.3 Å². The Hall–Kier alpha value is -2.44. The van der Waals surface area contributed by atoms with Crippen molar-refractivity contribution in [2.24, 2.45) is 0 Å². The van der Waals surface area contributed by atoms with Crippen molar-refractivity contribution in [1.29, 1.82) is 0 Å². The summed E-state index contributed by atoms with van der Waals surface area (Å²) < 4.78 is 7.47. The first-order valence-electron chi connectivity index (χ1n) is 7.22. The Morgan fingerprint density at radius 2 is 1.95 bits per heavy atom. The number of amides is 1. The minimum absolute atomic E-state index is 0.300. The molecule has 7 heteroatoms. The van der Waals surface area contributed by atoms with E-state index in [4.69, 9.17) is 4.74 Å². The molecule has 7 nitrogen and oxygen atoms in total. The summed E-state index contributed by atoms with van der Waals surface area (Å²) in [5.74, 6) is 0.843. The number of carbonyl (C=O) groups excluding carboxylic acids is 1. The third-order valence-corrected chi connectivity index (χ3v) is 3.31. The van der Waals surface area contributed by atoms with E-state index >= 15 is 0 Å². The second kappa shape index (κ2) is 5.40. The number of carbonyl (C=O) groups is 1. The molecule has 2 aromatic rings.